The third-order valence-corrected chi connectivity index (χ3v) is 3.45. The number of methoxy groups -OCH3 is 1. The standard InChI is InChI=1S/C19H22N2O2/c1-19(2,3)16-12-14(10-11-17(16)23-4)13-20-21-18(22)15-8-6-5-7-9-15/h5-13H,1-4H3,(H,21,22). The number of amides is 1. The summed E-state index contributed by atoms with van der Waals surface area (Å²) >= 11 is 0. The highest BCUT2D eigenvalue weighted by molar-refractivity contribution is 5.94. The maximum Gasteiger partial charge on any atom is 0.271 e. The summed E-state index contributed by atoms with van der Waals surface area (Å²) < 4.78 is 5.41. The number of hydrazone groups is 1. The van der Waals surface area contributed by atoms with Crippen LogP contribution in [0.4, 0.5) is 0 Å². The minimum Gasteiger partial charge on any atom is -0.496 e. The van der Waals surface area contributed by atoms with Gasteiger partial charge < -0.3 is 4.74 Å². The SMILES string of the molecule is COc1ccc(C=NNC(=O)c2ccccc2)cc1C(C)(C)C. The van der Waals surface area contributed by atoms with Gasteiger partial charge in [0, 0.05) is 11.1 Å². The van der Waals surface area contributed by atoms with Crippen molar-refractivity contribution >= 4 is 12.1 Å². The van der Waals surface area contributed by atoms with Crippen molar-refractivity contribution in [3.05, 3.63) is 65.2 Å². The van der Waals surface area contributed by atoms with Crippen molar-refractivity contribution < 1.29 is 9.53 Å². The van der Waals surface area contributed by atoms with Gasteiger partial charge in [-0.1, -0.05) is 39.0 Å². The maximum absolute atomic E-state index is 11.9. The summed E-state index contributed by atoms with van der Waals surface area (Å²) in [6.45, 7) is 6.38. The molecule has 0 radical (unpaired) electrons. The molecule has 0 aromatic heterocycles. The Hall–Kier alpha value is -2.62. The number of nitrogens with zero attached hydrogens (tertiary/aromatic N) is 1. The van der Waals surface area contributed by atoms with E-state index in [9.17, 15) is 4.79 Å². The average molecular weight is 310 g/mol. The molecule has 2 aromatic rings. The molecule has 2 aromatic carbocycles. The Labute approximate surface area is 137 Å². The molecule has 23 heavy (non-hydrogen) atoms. The van der Waals surface area contributed by atoms with E-state index in [1.807, 2.05) is 36.4 Å². The lowest BCUT2D eigenvalue weighted by Gasteiger charge is -2.22. The molecule has 0 unspecified atom stereocenters. The minimum atomic E-state index is -0.230. The first kappa shape index (κ1) is 16.7. The normalized spacial score (nSPS) is 11.5. The van der Waals surface area contributed by atoms with Crippen LogP contribution in [0.15, 0.2) is 53.6 Å². The van der Waals surface area contributed by atoms with Crippen molar-refractivity contribution in [2.75, 3.05) is 7.11 Å². The van der Waals surface area contributed by atoms with Gasteiger partial charge in [-0.15, -0.1) is 0 Å². The van der Waals surface area contributed by atoms with E-state index >= 15 is 0 Å². The van der Waals surface area contributed by atoms with Crippen LogP contribution in [0.2, 0.25) is 0 Å². The summed E-state index contributed by atoms with van der Waals surface area (Å²) in [5.74, 6) is 0.620. The molecule has 0 fully saturated rings. The summed E-state index contributed by atoms with van der Waals surface area (Å²) in [4.78, 5) is 11.9. The van der Waals surface area contributed by atoms with E-state index in [1.54, 1.807) is 25.5 Å². The maximum atomic E-state index is 11.9. The Balaban J connectivity index is 2.13. The fourth-order valence-corrected chi connectivity index (χ4v) is 2.21. The van der Waals surface area contributed by atoms with Crippen LogP contribution in [0.3, 0.4) is 0 Å². The highest BCUT2D eigenvalue weighted by atomic mass is 16.5. The third-order valence-electron chi connectivity index (χ3n) is 3.45. The lowest BCUT2D eigenvalue weighted by atomic mass is 9.85. The van der Waals surface area contributed by atoms with Gasteiger partial charge in [0.15, 0.2) is 0 Å². The second-order valence-corrected chi connectivity index (χ2v) is 6.27. The molecule has 0 spiro atoms. The molecular weight excluding hydrogens is 288 g/mol. The third kappa shape index (κ3) is 4.42. The van der Waals surface area contributed by atoms with Crippen LogP contribution in [0.25, 0.3) is 0 Å². The second-order valence-electron chi connectivity index (χ2n) is 6.27. The van der Waals surface area contributed by atoms with Crippen molar-refractivity contribution in [1.29, 1.82) is 0 Å². The number of nitrogens with one attached hydrogen (secondary N) is 1. The monoisotopic (exact) mass is 310 g/mol. The Kier molecular flexibility index (Phi) is 5.16. The molecule has 0 saturated carbocycles. The number of hydrogen-bond donors (Lipinski definition) is 1. The van der Waals surface area contributed by atoms with Gasteiger partial charge in [-0.05, 0) is 41.3 Å². The van der Waals surface area contributed by atoms with E-state index < -0.39 is 0 Å². The predicted molar refractivity (Wildman–Crippen MR) is 93.2 cm³/mol. The number of carbonyl (C=O) groups excluding carboxylic acids is 1. The van der Waals surface area contributed by atoms with E-state index in [2.05, 4.69) is 31.3 Å². The molecule has 0 bridgehead atoms. The van der Waals surface area contributed by atoms with E-state index in [0.29, 0.717) is 5.56 Å². The molecule has 0 aliphatic carbocycles. The van der Waals surface area contributed by atoms with Crippen LogP contribution in [0, 0.1) is 0 Å². The Morgan fingerprint density at radius 2 is 1.83 bits per heavy atom. The fraction of sp³-hybridized carbons (Fsp3) is 0.263. The van der Waals surface area contributed by atoms with Gasteiger partial charge in [0.25, 0.3) is 5.91 Å². The molecule has 0 aliphatic heterocycles. The molecule has 2 rings (SSSR count). The zero-order chi connectivity index (χ0) is 16.9. The number of carbonyl (C=O) groups is 1. The van der Waals surface area contributed by atoms with E-state index in [1.165, 1.54) is 0 Å². The van der Waals surface area contributed by atoms with Crippen molar-refractivity contribution in [2.24, 2.45) is 5.10 Å². The van der Waals surface area contributed by atoms with Gasteiger partial charge in [-0.2, -0.15) is 5.10 Å². The van der Waals surface area contributed by atoms with Crippen LogP contribution >= 0.6 is 0 Å². The van der Waals surface area contributed by atoms with Gasteiger partial charge in [-0.25, -0.2) is 5.43 Å². The second kappa shape index (κ2) is 7.09. The molecule has 0 atom stereocenters. The molecule has 0 aliphatic rings. The van der Waals surface area contributed by atoms with Gasteiger partial charge in [0.05, 0.1) is 13.3 Å². The van der Waals surface area contributed by atoms with Crippen LogP contribution in [-0.2, 0) is 5.41 Å². The topological polar surface area (TPSA) is 50.7 Å². The molecule has 1 N–H and O–H groups in total. The molecule has 0 saturated heterocycles. The summed E-state index contributed by atoms with van der Waals surface area (Å²) in [6, 6.07) is 14.8. The summed E-state index contributed by atoms with van der Waals surface area (Å²) in [6.07, 6.45) is 1.63. The molecule has 0 heterocycles. The number of ether oxygens (including phenoxy) is 1. The lowest BCUT2D eigenvalue weighted by molar-refractivity contribution is 0.0955. The van der Waals surface area contributed by atoms with Crippen molar-refractivity contribution in [3.8, 4) is 5.75 Å². The number of benzene rings is 2. The highest BCUT2D eigenvalue weighted by Crippen LogP contribution is 2.31. The largest absolute Gasteiger partial charge is 0.496 e. The molecular formula is C19H22N2O2. The zero-order valence-electron chi connectivity index (χ0n) is 14.0. The van der Waals surface area contributed by atoms with Crippen LogP contribution < -0.4 is 10.2 Å². The van der Waals surface area contributed by atoms with Gasteiger partial charge in [0.1, 0.15) is 5.75 Å². The van der Waals surface area contributed by atoms with Crippen molar-refractivity contribution in [3.63, 3.8) is 0 Å². The first-order valence-corrected chi connectivity index (χ1v) is 7.49. The fourth-order valence-electron chi connectivity index (χ4n) is 2.21. The Morgan fingerprint density at radius 1 is 1.13 bits per heavy atom. The van der Waals surface area contributed by atoms with Crippen molar-refractivity contribution in [2.45, 2.75) is 26.2 Å². The highest BCUT2D eigenvalue weighted by Gasteiger charge is 2.18. The quantitative estimate of drug-likeness (QED) is 0.690. The number of hydrogen-bond acceptors (Lipinski definition) is 3. The molecule has 4 heteroatoms. The van der Waals surface area contributed by atoms with Crippen LogP contribution in [-0.4, -0.2) is 19.2 Å². The zero-order valence-corrected chi connectivity index (χ0v) is 14.0. The van der Waals surface area contributed by atoms with E-state index in [0.717, 1.165) is 16.9 Å². The Morgan fingerprint density at radius 3 is 2.43 bits per heavy atom. The lowest BCUT2D eigenvalue weighted by Crippen LogP contribution is -2.17. The van der Waals surface area contributed by atoms with E-state index in [4.69, 9.17) is 4.74 Å². The van der Waals surface area contributed by atoms with Crippen LogP contribution in [0.1, 0.15) is 42.3 Å². The summed E-state index contributed by atoms with van der Waals surface area (Å²) in [7, 11) is 1.67. The predicted octanol–water partition coefficient (Wildman–Crippen LogP) is 3.76. The first-order chi connectivity index (χ1) is 10.9. The minimum absolute atomic E-state index is 0.0392. The molecule has 4 nitrogen and oxygen atoms in total. The average Bonchev–Trinajstić information content (AvgIpc) is 2.54. The van der Waals surface area contributed by atoms with E-state index in [-0.39, 0.29) is 11.3 Å². The summed E-state index contributed by atoms with van der Waals surface area (Å²) in [5.41, 5.74) is 5.08. The number of rotatable bonds is 4. The van der Waals surface area contributed by atoms with Gasteiger partial charge >= 0.3 is 0 Å². The molecule has 1 amide bonds. The molecule has 120 valence electrons. The first-order valence-electron chi connectivity index (χ1n) is 7.49. The Bertz CT molecular complexity index is 701. The van der Waals surface area contributed by atoms with Crippen LogP contribution in [0.5, 0.6) is 5.75 Å². The van der Waals surface area contributed by atoms with Gasteiger partial charge in [0.2, 0.25) is 0 Å². The smallest absolute Gasteiger partial charge is 0.271 e. The summed E-state index contributed by atoms with van der Waals surface area (Å²) in [5, 5.41) is 4.03. The van der Waals surface area contributed by atoms with Crippen molar-refractivity contribution in [1.82, 2.24) is 5.43 Å². The van der Waals surface area contributed by atoms with Gasteiger partial charge in [-0.3, -0.25) is 4.79 Å².